The second-order valence-corrected chi connectivity index (χ2v) is 5.42. The number of aliphatic carboxylic acids is 1. The summed E-state index contributed by atoms with van der Waals surface area (Å²) in [4.78, 5) is 11.3. The van der Waals surface area contributed by atoms with Crippen molar-refractivity contribution in [1.82, 2.24) is 0 Å². The molecule has 104 valence electrons. The average Bonchev–Trinajstić information content (AvgIpc) is 2.41. The fourth-order valence-electron chi connectivity index (χ4n) is 1.69. The van der Waals surface area contributed by atoms with Gasteiger partial charge in [-0.15, -0.1) is 0 Å². The van der Waals surface area contributed by atoms with Crippen LogP contribution in [-0.2, 0) is 4.79 Å². The molecule has 0 saturated heterocycles. The lowest BCUT2D eigenvalue weighted by atomic mass is 10.1. The minimum absolute atomic E-state index is 0.0402. The molecule has 2 aromatic carbocycles. The zero-order valence-electron chi connectivity index (χ0n) is 10.1. The molecule has 6 heteroatoms. The van der Waals surface area contributed by atoms with Crippen molar-refractivity contribution in [2.24, 2.45) is 0 Å². The smallest absolute Gasteiger partial charge is 0.330 e. The lowest BCUT2D eigenvalue weighted by Gasteiger charge is -2.16. The van der Waals surface area contributed by atoms with Crippen molar-refractivity contribution in [2.75, 3.05) is 5.32 Å². The van der Waals surface area contributed by atoms with Crippen LogP contribution in [0.4, 0.5) is 10.1 Å². The first-order valence-corrected chi connectivity index (χ1v) is 6.84. The summed E-state index contributed by atoms with van der Waals surface area (Å²) < 4.78 is 14.3. The van der Waals surface area contributed by atoms with Gasteiger partial charge in [0, 0.05) is 10.2 Å². The molecule has 0 aliphatic carbocycles. The predicted octanol–water partition coefficient (Wildman–Crippen LogP) is 4.48. The zero-order chi connectivity index (χ0) is 14.7. The Bertz CT molecular complexity index is 634. The quantitative estimate of drug-likeness (QED) is 0.847. The number of benzene rings is 2. The van der Waals surface area contributed by atoms with Crippen LogP contribution in [0, 0.1) is 5.82 Å². The van der Waals surface area contributed by atoms with Gasteiger partial charge in [-0.25, -0.2) is 9.18 Å². The van der Waals surface area contributed by atoms with Gasteiger partial charge in [0.1, 0.15) is 5.82 Å². The summed E-state index contributed by atoms with van der Waals surface area (Å²) in [6.07, 6.45) is 0. The van der Waals surface area contributed by atoms with Crippen molar-refractivity contribution in [3.63, 3.8) is 0 Å². The minimum Gasteiger partial charge on any atom is -0.479 e. The number of hydrogen-bond acceptors (Lipinski definition) is 2. The Hall–Kier alpha value is -1.59. The number of carboxylic acid groups (broad SMARTS) is 1. The standard InChI is InChI=1S/C14H10BrClFNO2/c15-9-2-4-10(5-3-9)18-13(14(19)20)8-1-6-11(16)12(17)7-8/h1-7,13,18H,(H,19,20). The average molecular weight is 359 g/mol. The third-order valence-electron chi connectivity index (χ3n) is 2.68. The fraction of sp³-hybridized carbons (Fsp3) is 0.0714. The number of anilines is 1. The van der Waals surface area contributed by atoms with Gasteiger partial charge in [0.05, 0.1) is 5.02 Å². The molecule has 1 unspecified atom stereocenters. The van der Waals surface area contributed by atoms with Crippen LogP contribution in [0.15, 0.2) is 46.9 Å². The molecule has 2 N–H and O–H groups in total. The highest BCUT2D eigenvalue weighted by atomic mass is 79.9. The fourth-order valence-corrected chi connectivity index (χ4v) is 2.07. The molecule has 0 saturated carbocycles. The van der Waals surface area contributed by atoms with Crippen LogP contribution < -0.4 is 5.32 Å². The third kappa shape index (κ3) is 3.49. The summed E-state index contributed by atoms with van der Waals surface area (Å²) in [7, 11) is 0. The van der Waals surface area contributed by atoms with Gasteiger partial charge in [-0.3, -0.25) is 0 Å². The number of rotatable bonds is 4. The van der Waals surface area contributed by atoms with E-state index in [1.54, 1.807) is 24.3 Å². The highest BCUT2D eigenvalue weighted by molar-refractivity contribution is 9.10. The maximum atomic E-state index is 13.4. The van der Waals surface area contributed by atoms with E-state index < -0.39 is 17.8 Å². The van der Waals surface area contributed by atoms with Crippen LogP contribution in [0.2, 0.25) is 5.02 Å². The molecule has 0 radical (unpaired) electrons. The number of nitrogens with one attached hydrogen (secondary N) is 1. The minimum atomic E-state index is -1.10. The van der Waals surface area contributed by atoms with E-state index in [0.29, 0.717) is 11.3 Å². The van der Waals surface area contributed by atoms with Crippen molar-refractivity contribution in [1.29, 1.82) is 0 Å². The molecule has 0 aliphatic rings. The Morgan fingerprint density at radius 3 is 2.45 bits per heavy atom. The zero-order valence-corrected chi connectivity index (χ0v) is 12.5. The van der Waals surface area contributed by atoms with E-state index in [4.69, 9.17) is 11.6 Å². The normalized spacial score (nSPS) is 11.9. The molecule has 0 aliphatic heterocycles. The first kappa shape index (κ1) is 14.8. The molecule has 0 bridgehead atoms. The lowest BCUT2D eigenvalue weighted by Crippen LogP contribution is -2.20. The molecule has 0 spiro atoms. The van der Waals surface area contributed by atoms with Crippen LogP contribution in [0.1, 0.15) is 11.6 Å². The Morgan fingerprint density at radius 1 is 1.25 bits per heavy atom. The van der Waals surface area contributed by atoms with E-state index in [-0.39, 0.29) is 5.02 Å². The summed E-state index contributed by atoms with van der Waals surface area (Å²) in [5, 5.41) is 12.1. The van der Waals surface area contributed by atoms with Crippen LogP contribution >= 0.6 is 27.5 Å². The van der Waals surface area contributed by atoms with Gasteiger partial charge in [0.2, 0.25) is 0 Å². The van der Waals surface area contributed by atoms with Crippen LogP contribution in [0.5, 0.6) is 0 Å². The van der Waals surface area contributed by atoms with Crippen molar-refractivity contribution < 1.29 is 14.3 Å². The summed E-state index contributed by atoms with van der Waals surface area (Å²) >= 11 is 8.89. The van der Waals surface area contributed by atoms with Gasteiger partial charge in [-0.1, -0.05) is 33.6 Å². The van der Waals surface area contributed by atoms with Crippen LogP contribution in [0.25, 0.3) is 0 Å². The Kier molecular flexibility index (Phi) is 4.62. The summed E-state index contributed by atoms with van der Waals surface area (Å²) in [5.41, 5.74) is 0.915. The second-order valence-electron chi connectivity index (χ2n) is 4.10. The van der Waals surface area contributed by atoms with Gasteiger partial charge in [-0.2, -0.15) is 0 Å². The third-order valence-corrected chi connectivity index (χ3v) is 3.51. The molecule has 20 heavy (non-hydrogen) atoms. The SMILES string of the molecule is O=C(O)C(Nc1ccc(Br)cc1)c1ccc(Cl)c(F)c1. The molecule has 0 amide bonds. The van der Waals surface area contributed by atoms with E-state index in [1.807, 2.05) is 0 Å². The van der Waals surface area contributed by atoms with Gasteiger partial charge in [0.15, 0.2) is 6.04 Å². The van der Waals surface area contributed by atoms with Crippen LogP contribution in [0.3, 0.4) is 0 Å². The molecule has 2 aromatic rings. The number of halogens is 3. The monoisotopic (exact) mass is 357 g/mol. The maximum Gasteiger partial charge on any atom is 0.330 e. The molecule has 2 rings (SSSR count). The predicted molar refractivity (Wildman–Crippen MR) is 79.6 cm³/mol. The molecule has 1 atom stereocenters. The highest BCUT2D eigenvalue weighted by Crippen LogP contribution is 2.24. The van der Waals surface area contributed by atoms with E-state index >= 15 is 0 Å². The molecule has 3 nitrogen and oxygen atoms in total. The summed E-state index contributed by atoms with van der Waals surface area (Å²) in [6, 6.07) is 9.91. The van der Waals surface area contributed by atoms with Gasteiger partial charge in [-0.05, 0) is 42.0 Å². The van der Waals surface area contributed by atoms with Crippen molar-refractivity contribution >= 4 is 39.2 Å². The van der Waals surface area contributed by atoms with Crippen molar-refractivity contribution in [3.05, 3.63) is 63.3 Å². The van der Waals surface area contributed by atoms with E-state index in [2.05, 4.69) is 21.2 Å². The molecule has 0 aromatic heterocycles. The molecular formula is C14H10BrClFNO2. The first-order chi connectivity index (χ1) is 9.47. The largest absolute Gasteiger partial charge is 0.479 e. The number of carbonyl (C=O) groups is 1. The highest BCUT2D eigenvalue weighted by Gasteiger charge is 2.20. The topological polar surface area (TPSA) is 49.3 Å². The van der Waals surface area contributed by atoms with E-state index in [0.717, 1.165) is 10.5 Å². The van der Waals surface area contributed by atoms with Gasteiger partial charge in [0.25, 0.3) is 0 Å². The van der Waals surface area contributed by atoms with Gasteiger partial charge >= 0.3 is 5.97 Å². The first-order valence-electron chi connectivity index (χ1n) is 5.67. The maximum absolute atomic E-state index is 13.4. The summed E-state index contributed by atoms with van der Waals surface area (Å²) in [5.74, 6) is -1.75. The second kappa shape index (κ2) is 6.24. The summed E-state index contributed by atoms with van der Waals surface area (Å²) in [6.45, 7) is 0. The van der Waals surface area contributed by atoms with Crippen molar-refractivity contribution in [3.8, 4) is 0 Å². The Labute approximate surface area is 128 Å². The van der Waals surface area contributed by atoms with Crippen molar-refractivity contribution in [2.45, 2.75) is 6.04 Å². The Balaban J connectivity index is 2.29. The lowest BCUT2D eigenvalue weighted by molar-refractivity contribution is -0.138. The Morgan fingerprint density at radius 2 is 1.90 bits per heavy atom. The van der Waals surface area contributed by atoms with Crippen LogP contribution in [-0.4, -0.2) is 11.1 Å². The molecular weight excluding hydrogens is 349 g/mol. The van der Waals surface area contributed by atoms with E-state index in [9.17, 15) is 14.3 Å². The van der Waals surface area contributed by atoms with E-state index in [1.165, 1.54) is 12.1 Å². The molecule has 0 fully saturated rings. The number of carboxylic acids is 1. The molecule has 0 heterocycles. The number of hydrogen-bond donors (Lipinski definition) is 2. The van der Waals surface area contributed by atoms with Gasteiger partial charge < -0.3 is 10.4 Å².